The van der Waals surface area contributed by atoms with Crippen molar-refractivity contribution in [1.29, 1.82) is 0 Å². The molecule has 5 rings (SSSR count). The predicted molar refractivity (Wildman–Crippen MR) is 151 cm³/mol. The van der Waals surface area contributed by atoms with Crippen molar-refractivity contribution in [2.24, 2.45) is 0 Å². The summed E-state index contributed by atoms with van der Waals surface area (Å²) in [6, 6.07) is 27.8. The summed E-state index contributed by atoms with van der Waals surface area (Å²) in [5.41, 5.74) is 3.14. The van der Waals surface area contributed by atoms with Gasteiger partial charge in [0, 0.05) is 24.4 Å². The van der Waals surface area contributed by atoms with Crippen molar-refractivity contribution in [3.05, 3.63) is 115 Å². The highest BCUT2D eigenvalue weighted by Crippen LogP contribution is 2.31. The fourth-order valence-corrected chi connectivity index (χ4v) is 4.28. The van der Waals surface area contributed by atoms with E-state index in [0.29, 0.717) is 28.8 Å². The van der Waals surface area contributed by atoms with E-state index in [1.165, 1.54) is 11.2 Å². The van der Waals surface area contributed by atoms with E-state index in [-0.39, 0.29) is 18.8 Å². The number of amides is 2. The molecular formula is C31H28N4O5. The number of methoxy groups -OCH3 is 2. The van der Waals surface area contributed by atoms with Crippen LogP contribution in [0.4, 0.5) is 5.95 Å². The summed E-state index contributed by atoms with van der Waals surface area (Å²) in [6.45, 7) is 0.0149. The van der Waals surface area contributed by atoms with Crippen LogP contribution in [-0.2, 0) is 11.3 Å². The van der Waals surface area contributed by atoms with Gasteiger partial charge < -0.3 is 18.8 Å². The van der Waals surface area contributed by atoms with Crippen LogP contribution in [0.2, 0.25) is 0 Å². The highest BCUT2D eigenvalue weighted by Gasteiger charge is 2.23. The molecule has 0 saturated carbocycles. The van der Waals surface area contributed by atoms with Crippen LogP contribution >= 0.6 is 0 Å². The van der Waals surface area contributed by atoms with Crippen LogP contribution < -0.4 is 14.8 Å². The second-order valence-corrected chi connectivity index (χ2v) is 8.90. The summed E-state index contributed by atoms with van der Waals surface area (Å²) in [4.78, 5) is 32.8. The number of imidazole rings is 1. The van der Waals surface area contributed by atoms with Crippen molar-refractivity contribution in [3.63, 3.8) is 0 Å². The zero-order valence-electron chi connectivity index (χ0n) is 22.1. The Labute approximate surface area is 231 Å². The standard InChI is InChI=1S/C31H28N4O5/c1-38-26-16-15-24(18-28(26)39-2)35-20-25(23-12-7-4-8-13-23)32-31(35)33-29(36)21-34(19-22-10-5-3-6-11-22)30(37)27-14-9-17-40-27/h3-18,20H,19,21H2,1-2H3,(H,32,33,36). The molecule has 9 nitrogen and oxygen atoms in total. The molecule has 2 aromatic heterocycles. The van der Waals surface area contributed by atoms with Gasteiger partial charge in [-0.1, -0.05) is 60.7 Å². The molecule has 0 aliphatic heterocycles. The van der Waals surface area contributed by atoms with E-state index in [9.17, 15) is 9.59 Å². The number of carbonyl (C=O) groups excluding carboxylic acids is 2. The molecule has 0 aliphatic rings. The summed E-state index contributed by atoms with van der Waals surface area (Å²) in [5, 5.41) is 2.90. The van der Waals surface area contributed by atoms with Gasteiger partial charge in [-0.05, 0) is 29.8 Å². The molecule has 0 unspecified atom stereocenters. The Kier molecular flexibility index (Phi) is 7.92. The summed E-state index contributed by atoms with van der Waals surface area (Å²) >= 11 is 0. The Morgan fingerprint density at radius 1 is 0.900 bits per heavy atom. The molecule has 0 atom stereocenters. The Hall–Kier alpha value is -5.31. The van der Waals surface area contributed by atoms with E-state index in [4.69, 9.17) is 18.9 Å². The maximum absolute atomic E-state index is 13.4. The number of furan rings is 1. The fourth-order valence-electron chi connectivity index (χ4n) is 4.28. The van der Waals surface area contributed by atoms with Crippen molar-refractivity contribution in [1.82, 2.24) is 14.5 Å². The number of carbonyl (C=O) groups is 2. The second-order valence-electron chi connectivity index (χ2n) is 8.90. The first-order valence-electron chi connectivity index (χ1n) is 12.6. The minimum Gasteiger partial charge on any atom is -0.493 e. The third-order valence-electron chi connectivity index (χ3n) is 6.24. The molecule has 0 aliphatic carbocycles. The molecular weight excluding hydrogens is 508 g/mol. The first-order valence-corrected chi connectivity index (χ1v) is 12.6. The summed E-state index contributed by atoms with van der Waals surface area (Å²) in [5.74, 6) is 0.752. The molecule has 40 heavy (non-hydrogen) atoms. The topological polar surface area (TPSA) is 98.8 Å². The van der Waals surface area contributed by atoms with Gasteiger partial charge in [-0.3, -0.25) is 19.5 Å². The Balaban J connectivity index is 1.46. The van der Waals surface area contributed by atoms with Crippen molar-refractivity contribution in [2.45, 2.75) is 6.54 Å². The predicted octanol–water partition coefficient (Wildman–Crippen LogP) is 5.43. The lowest BCUT2D eigenvalue weighted by molar-refractivity contribution is -0.117. The molecule has 0 fully saturated rings. The van der Waals surface area contributed by atoms with Gasteiger partial charge in [-0.2, -0.15) is 0 Å². The number of benzene rings is 3. The van der Waals surface area contributed by atoms with Crippen LogP contribution in [0.3, 0.4) is 0 Å². The molecule has 0 radical (unpaired) electrons. The third-order valence-corrected chi connectivity index (χ3v) is 6.24. The van der Waals surface area contributed by atoms with E-state index in [1.807, 2.05) is 72.9 Å². The summed E-state index contributed by atoms with van der Waals surface area (Å²) in [7, 11) is 3.13. The summed E-state index contributed by atoms with van der Waals surface area (Å²) < 4.78 is 17.9. The van der Waals surface area contributed by atoms with Gasteiger partial charge in [0.15, 0.2) is 17.3 Å². The Bertz CT molecular complexity index is 1580. The van der Waals surface area contributed by atoms with Gasteiger partial charge in [0.1, 0.15) is 6.54 Å². The van der Waals surface area contributed by atoms with E-state index < -0.39 is 11.8 Å². The molecule has 2 heterocycles. The second kappa shape index (κ2) is 12.0. The number of nitrogens with zero attached hydrogens (tertiary/aromatic N) is 3. The zero-order valence-corrected chi connectivity index (χ0v) is 22.1. The highest BCUT2D eigenvalue weighted by atomic mass is 16.5. The smallest absolute Gasteiger partial charge is 0.290 e. The quantitative estimate of drug-likeness (QED) is 0.256. The lowest BCUT2D eigenvalue weighted by Crippen LogP contribution is -2.37. The molecule has 0 spiro atoms. The van der Waals surface area contributed by atoms with Crippen molar-refractivity contribution < 1.29 is 23.5 Å². The summed E-state index contributed by atoms with van der Waals surface area (Å²) in [6.07, 6.45) is 3.26. The normalized spacial score (nSPS) is 10.7. The van der Waals surface area contributed by atoms with Gasteiger partial charge in [0.2, 0.25) is 11.9 Å². The average Bonchev–Trinajstić information content (AvgIpc) is 3.68. The van der Waals surface area contributed by atoms with E-state index in [2.05, 4.69) is 5.32 Å². The zero-order chi connectivity index (χ0) is 27.9. The van der Waals surface area contributed by atoms with Gasteiger partial charge >= 0.3 is 0 Å². The molecule has 0 saturated heterocycles. The van der Waals surface area contributed by atoms with Gasteiger partial charge in [-0.15, -0.1) is 0 Å². The monoisotopic (exact) mass is 536 g/mol. The Morgan fingerprint density at radius 2 is 1.62 bits per heavy atom. The largest absolute Gasteiger partial charge is 0.493 e. The van der Waals surface area contributed by atoms with Crippen molar-refractivity contribution in [2.75, 3.05) is 26.1 Å². The fraction of sp³-hybridized carbons (Fsp3) is 0.129. The molecule has 9 heteroatoms. The van der Waals surface area contributed by atoms with Gasteiger partial charge in [-0.25, -0.2) is 4.98 Å². The number of aromatic nitrogens is 2. The number of anilines is 1. The number of rotatable bonds is 10. The van der Waals surface area contributed by atoms with E-state index in [1.54, 1.807) is 43.1 Å². The maximum Gasteiger partial charge on any atom is 0.290 e. The van der Waals surface area contributed by atoms with E-state index >= 15 is 0 Å². The molecule has 2 amide bonds. The average molecular weight is 537 g/mol. The van der Waals surface area contributed by atoms with Crippen molar-refractivity contribution >= 4 is 17.8 Å². The number of ether oxygens (including phenoxy) is 2. The maximum atomic E-state index is 13.4. The number of hydrogen-bond donors (Lipinski definition) is 1. The van der Waals surface area contributed by atoms with E-state index in [0.717, 1.165) is 11.1 Å². The molecule has 202 valence electrons. The SMILES string of the molecule is COc1ccc(-n2cc(-c3ccccc3)nc2NC(=O)CN(Cc2ccccc2)C(=O)c2ccco2)cc1OC. The molecule has 0 bridgehead atoms. The molecule has 1 N–H and O–H groups in total. The van der Waals surface area contributed by atoms with Gasteiger partial charge in [0.25, 0.3) is 5.91 Å². The first-order chi connectivity index (χ1) is 19.6. The van der Waals surface area contributed by atoms with Crippen molar-refractivity contribution in [3.8, 4) is 28.4 Å². The third kappa shape index (κ3) is 5.88. The molecule has 5 aromatic rings. The van der Waals surface area contributed by atoms with Gasteiger partial charge in [0.05, 0.1) is 31.9 Å². The van der Waals surface area contributed by atoms with Crippen LogP contribution in [0.1, 0.15) is 16.1 Å². The molecule has 3 aromatic carbocycles. The minimum atomic E-state index is -0.414. The highest BCUT2D eigenvalue weighted by molar-refractivity contribution is 5.97. The lowest BCUT2D eigenvalue weighted by atomic mass is 10.2. The van der Waals surface area contributed by atoms with Crippen LogP contribution in [0.15, 0.2) is 108 Å². The number of nitrogens with one attached hydrogen (secondary N) is 1. The van der Waals surface area contributed by atoms with Crippen LogP contribution in [-0.4, -0.2) is 47.0 Å². The first kappa shape index (κ1) is 26.3. The number of hydrogen-bond acceptors (Lipinski definition) is 6. The van der Waals surface area contributed by atoms with Crippen LogP contribution in [0, 0.1) is 0 Å². The minimum absolute atomic E-state index is 0.155. The lowest BCUT2D eigenvalue weighted by Gasteiger charge is -2.21. The Morgan fingerprint density at radius 3 is 2.30 bits per heavy atom. The van der Waals surface area contributed by atoms with Crippen LogP contribution in [0.25, 0.3) is 16.9 Å². The van der Waals surface area contributed by atoms with Crippen LogP contribution in [0.5, 0.6) is 11.5 Å².